The number of hydrogen-bond acceptors (Lipinski definition) is 2. The second-order valence-electron chi connectivity index (χ2n) is 4.88. The molecule has 0 radical (unpaired) electrons. The zero-order valence-corrected chi connectivity index (χ0v) is 11.8. The van der Waals surface area contributed by atoms with Crippen molar-refractivity contribution in [3.63, 3.8) is 0 Å². The van der Waals surface area contributed by atoms with Crippen molar-refractivity contribution in [3.05, 3.63) is 35.5 Å². The van der Waals surface area contributed by atoms with Gasteiger partial charge in [-0.3, -0.25) is 4.79 Å². The van der Waals surface area contributed by atoms with Crippen molar-refractivity contribution in [1.29, 1.82) is 0 Å². The van der Waals surface area contributed by atoms with E-state index in [2.05, 4.69) is 29.4 Å². The maximum atomic E-state index is 12.0. The van der Waals surface area contributed by atoms with Crippen LogP contribution in [0.3, 0.4) is 0 Å². The number of hydrogen-bond donors (Lipinski definition) is 2. The molecule has 0 saturated heterocycles. The Labute approximate surface area is 113 Å². The van der Waals surface area contributed by atoms with Gasteiger partial charge in [-0.05, 0) is 25.6 Å². The molecule has 0 aliphatic rings. The first kappa shape index (κ1) is 13.6. The number of carbonyl (C=O) groups is 1. The predicted octanol–water partition coefficient (Wildman–Crippen LogP) is 2.04. The molecule has 0 fully saturated rings. The van der Waals surface area contributed by atoms with Gasteiger partial charge in [-0.25, -0.2) is 0 Å². The second-order valence-corrected chi connectivity index (χ2v) is 4.88. The third-order valence-electron chi connectivity index (χ3n) is 3.44. The highest BCUT2D eigenvalue weighted by Gasteiger charge is 2.13. The van der Waals surface area contributed by atoms with Crippen molar-refractivity contribution in [2.75, 3.05) is 20.6 Å². The Morgan fingerprint density at radius 3 is 2.84 bits per heavy atom. The van der Waals surface area contributed by atoms with Gasteiger partial charge in [-0.15, -0.1) is 0 Å². The molecule has 0 spiro atoms. The summed E-state index contributed by atoms with van der Waals surface area (Å²) in [4.78, 5) is 17.1. The Morgan fingerprint density at radius 1 is 1.37 bits per heavy atom. The summed E-state index contributed by atoms with van der Waals surface area (Å²) in [6, 6.07) is 8.21. The fourth-order valence-electron chi connectivity index (χ4n) is 2.29. The Hall–Kier alpha value is -1.81. The highest BCUT2D eigenvalue weighted by Crippen LogP contribution is 2.23. The van der Waals surface area contributed by atoms with Crippen LogP contribution in [0, 0.1) is 6.92 Å². The Morgan fingerprint density at radius 2 is 2.11 bits per heavy atom. The first-order valence-corrected chi connectivity index (χ1v) is 6.58. The summed E-state index contributed by atoms with van der Waals surface area (Å²) in [7, 11) is 3.72. The van der Waals surface area contributed by atoms with Gasteiger partial charge in [0.1, 0.15) is 0 Å². The summed E-state index contributed by atoms with van der Waals surface area (Å²) in [5, 5.41) is 4.20. The van der Waals surface area contributed by atoms with E-state index in [-0.39, 0.29) is 5.91 Å². The maximum Gasteiger partial charge on any atom is 0.223 e. The van der Waals surface area contributed by atoms with Gasteiger partial charge in [0.2, 0.25) is 5.91 Å². The lowest BCUT2D eigenvalue weighted by molar-refractivity contribution is -0.130. The van der Waals surface area contributed by atoms with Crippen molar-refractivity contribution < 1.29 is 4.79 Å². The molecule has 2 aromatic rings. The first-order valence-electron chi connectivity index (χ1n) is 6.58. The minimum Gasteiger partial charge on any atom is -0.358 e. The van der Waals surface area contributed by atoms with Gasteiger partial charge in [-0.1, -0.05) is 18.2 Å². The number of fused-ring (bicyclic) bond motifs is 1. The van der Waals surface area contributed by atoms with Crippen LogP contribution < -0.4 is 5.32 Å². The number of aromatic nitrogens is 1. The van der Waals surface area contributed by atoms with Crippen molar-refractivity contribution in [3.8, 4) is 0 Å². The molecule has 4 nitrogen and oxygen atoms in total. The minimum atomic E-state index is 0.166. The topological polar surface area (TPSA) is 48.1 Å². The molecule has 4 heteroatoms. The largest absolute Gasteiger partial charge is 0.358 e. The molecule has 0 bridgehead atoms. The average Bonchev–Trinajstić information content (AvgIpc) is 2.72. The quantitative estimate of drug-likeness (QED) is 0.863. The molecule has 0 unspecified atom stereocenters. The SMILES string of the molecule is CNCCC(=O)N(C)Cc1c(C)[nH]c2ccccc12. The molecule has 1 aromatic heterocycles. The van der Waals surface area contributed by atoms with Crippen LogP contribution >= 0.6 is 0 Å². The van der Waals surface area contributed by atoms with Crippen LogP contribution in [0.15, 0.2) is 24.3 Å². The van der Waals surface area contributed by atoms with Crippen LogP contribution in [-0.4, -0.2) is 36.4 Å². The molecule has 102 valence electrons. The van der Waals surface area contributed by atoms with Crippen LogP contribution in [0.1, 0.15) is 17.7 Å². The fourth-order valence-corrected chi connectivity index (χ4v) is 2.29. The number of H-pyrrole nitrogens is 1. The van der Waals surface area contributed by atoms with Gasteiger partial charge in [0.15, 0.2) is 0 Å². The number of amides is 1. The molecular formula is C15H21N3O. The second kappa shape index (κ2) is 5.89. The van der Waals surface area contributed by atoms with E-state index in [9.17, 15) is 4.79 Å². The summed E-state index contributed by atoms with van der Waals surface area (Å²) in [5.41, 5.74) is 3.47. The Balaban J connectivity index is 2.16. The van der Waals surface area contributed by atoms with Gasteiger partial charge >= 0.3 is 0 Å². The molecular weight excluding hydrogens is 238 g/mol. The fraction of sp³-hybridized carbons (Fsp3) is 0.400. The normalized spacial score (nSPS) is 10.9. The summed E-state index contributed by atoms with van der Waals surface area (Å²) < 4.78 is 0. The summed E-state index contributed by atoms with van der Waals surface area (Å²) >= 11 is 0. The molecule has 2 rings (SSSR count). The molecule has 0 aliphatic carbocycles. The highest BCUT2D eigenvalue weighted by molar-refractivity contribution is 5.85. The maximum absolute atomic E-state index is 12.0. The number of benzene rings is 1. The monoisotopic (exact) mass is 259 g/mol. The molecule has 0 saturated carbocycles. The van der Waals surface area contributed by atoms with Crippen LogP contribution in [0.2, 0.25) is 0 Å². The van der Waals surface area contributed by atoms with Crippen LogP contribution in [0.25, 0.3) is 10.9 Å². The van der Waals surface area contributed by atoms with Crippen LogP contribution in [-0.2, 0) is 11.3 Å². The zero-order valence-electron chi connectivity index (χ0n) is 11.8. The molecule has 1 aromatic carbocycles. The third kappa shape index (κ3) is 2.96. The van der Waals surface area contributed by atoms with Crippen LogP contribution in [0.5, 0.6) is 0 Å². The standard InChI is InChI=1S/C15H21N3O/c1-11-13(10-18(3)15(19)8-9-16-2)12-6-4-5-7-14(12)17-11/h4-7,16-17H,8-10H2,1-3H3. The first-order chi connectivity index (χ1) is 9.13. The van der Waals surface area contributed by atoms with Gasteiger partial charge in [0.25, 0.3) is 0 Å². The number of aryl methyl sites for hydroxylation is 1. The van der Waals surface area contributed by atoms with Gasteiger partial charge in [0, 0.05) is 43.2 Å². The lowest BCUT2D eigenvalue weighted by Crippen LogP contribution is -2.28. The van der Waals surface area contributed by atoms with E-state index in [1.54, 1.807) is 4.90 Å². The molecule has 19 heavy (non-hydrogen) atoms. The average molecular weight is 259 g/mol. The lowest BCUT2D eigenvalue weighted by Gasteiger charge is -2.17. The molecule has 0 aliphatic heterocycles. The van der Waals surface area contributed by atoms with E-state index in [0.717, 1.165) is 17.8 Å². The highest BCUT2D eigenvalue weighted by atomic mass is 16.2. The number of para-hydroxylation sites is 1. The third-order valence-corrected chi connectivity index (χ3v) is 3.44. The van der Waals surface area contributed by atoms with E-state index in [1.807, 2.05) is 26.2 Å². The summed E-state index contributed by atoms with van der Waals surface area (Å²) in [6.45, 7) is 3.43. The number of rotatable bonds is 5. The molecule has 2 N–H and O–H groups in total. The number of aromatic amines is 1. The van der Waals surface area contributed by atoms with E-state index < -0.39 is 0 Å². The van der Waals surface area contributed by atoms with E-state index in [1.165, 1.54) is 10.9 Å². The van der Waals surface area contributed by atoms with Crippen molar-refractivity contribution in [2.24, 2.45) is 0 Å². The van der Waals surface area contributed by atoms with Gasteiger partial charge < -0.3 is 15.2 Å². The minimum absolute atomic E-state index is 0.166. The molecule has 0 atom stereocenters. The number of carbonyl (C=O) groups excluding carboxylic acids is 1. The Bertz CT molecular complexity index is 574. The Kier molecular flexibility index (Phi) is 4.22. The predicted molar refractivity (Wildman–Crippen MR) is 78.1 cm³/mol. The lowest BCUT2D eigenvalue weighted by atomic mass is 10.1. The van der Waals surface area contributed by atoms with Crippen molar-refractivity contribution >= 4 is 16.8 Å². The van der Waals surface area contributed by atoms with Crippen molar-refractivity contribution in [2.45, 2.75) is 19.9 Å². The van der Waals surface area contributed by atoms with Crippen LogP contribution in [0.4, 0.5) is 0 Å². The summed E-state index contributed by atoms with van der Waals surface area (Å²) in [6.07, 6.45) is 0.536. The van der Waals surface area contributed by atoms with E-state index >= 15 is 0 Å². The zero-order chi connectivity index (χ0) is 13.8. The smallest absolute Gasteiger partial charge is 0.223 e. The molecule has 1 amide bonds. The summed E-state index contributed by atoms with van der Waals surface area (Å²) in [5.74, 6) is 0.166. The molecule has 1 heterocycles. The van der Waals surface area contributed by atoms with E-state index in [4.69, 9.17) is 0 Å². The van der Waals surface area contributed by atoms with Gasteiger partial charge in [-0.2, -0.15) is 0 Å². The van der Waals surface area contributed by atoms with Crippen molar-refractivity contribution in [1.82, 2.24) is 15.2 Å². The number of nitrogens with zero attached hydrogens (tertiary/aromatic N) is 1. The van der Waals surface area contributed by atoms with E-state index in [0.29, 0.717) is 13.0 Å². The number of nitrogens with one attached hydrogen (secondary N) is 2. The van der Waals surface area contributed by atoms with Gasteiger partial charge in [0.05, 0.1) is 0 Å².